The van der Waals surface area contributed by atoms with E-state index in [1.54, 1.807) is 7.11 Å². The van der Waals surface area contributed by atoms with Gasteiger partial charge in [0.1, 0.15) is 5.75 Å². The molecule has 1 aromatic rings. The van der Waals surface area contributed by atoms with Crippen molar-refractivity contribution in [2.75, 3.05) is 26.7 Å². The molecule has 1 heterocycles. The minimum Gasteiger partial charge on any atom is -0.497 e. The number of hydrogen-bond donors (Lipinski definition) is 0. The van der Waals surface area contributed by atoms with Crippen LogP contribution in [-0.4, -0.2) is 36.9 Å². The van der Waals surface area contributed by atoms with Crippen LogP contribution in [0, 0.1) is 11.8 Å². The Kier molecular flexibility index (Phi) is 4.04. The van der Waals surface area contributed by atoms with E-state index in [0.29, 0.717) is 0 Å². The minimum atomic E-state index is 0.822. The summed E-state index contributed by atoms with van der Waals surface area (Å²) in [5.41, 5.74) is 0. The second-order valence-corrected chi connectivity index (χ2v) is 7.13. The number of thioether (sulfide) groups is 1. The molecule has 1 saturated heterocycles. The van der Waals surface area contributed by atoms with Gasteiger partial charge in [0, 0.05) is 23.2 Å². The smallest absolute Gasteiger partial charge is 0.118 e. The highest BCUT2D eigenvalue weighted by atomic mass is 32.2. The maximum Gasteiger partial charge on any atom is 0.118 e. The standard InChI is InChI=1S/C16H23NOS/c1-3-17-10-12-8-16(9-13(12)11-17)19-15-6-4-14(18-2)5-7-15/h4-7,12-13,16H,3,8-11H2,1-2H3/t12-,13+,16+. The van der Waals surface area contributed by atoms with Crippen molar-refractivity contribution in [2.45, 2.75) is 29.9 Å². The zero-order valence-corrected chi connectivity index (χ0v) is 12.7. The summed E-state index contributed by atoms with van der Waals surface area (Å²) in [5.74, 6) is 2.86. The summed E-state index contributed by atoms with van der Waals surface area (Å²) in [4.78, 5) is 4.00. The molecule has 0 unspecified atom stereocenters. The summed E-state index contributed by atoms with van der Waals surface area (Å²) in [6.45, 7) is 6.18. The molecule has 0 spiro atoms. The predicted molar refractivity (Wildman–Crippen MR) is 81.0 cm³/mol. The average molecular weight is 277 g/mol. The fourth-order valence-electron chi connectivity index (χ4n) is 3.54. The quantitative estimate of drug-likeness (QED) is 0.835. The summed E-state index contributed by atoms with van der Waals surface area (Å²) in [7, 11) is 1.72. The van der Waals surface area contributed by atoms with Crippen molar-refractivity contribution in [3.63, 3.8) is 0 Å². The third-order valence-corrected chi connectivity index (χ3v) is 5.86. The Morgan fingerprint density at radius 3 is 2.32 bits per heavy atom. The molecular formula is C16H23NOS. The number of rotatable bonds is 4. The summed E-state index contributed by atoms with van der Waals surface area (Å²) in [6.07, 6.45) is 2.80. The molecule has 1 aliphatic heterocycles. The molecule has 104 valence electrons. The molecule has 0 bridgehead atoms. The fourth-order valence-corrected chi connectivity index (χ4v) is 4.91. The first-order chi connectivity index (χ1) is 9.28. The van der Waals surface area contributed by atoms with Crippen LogP contribution >= 0.6 is 11.8 Å². The van der Waals surface area contributed by atoms with Crippen molar-refractivity contribution in [3.05, 3.63) is 24.3 Å². The number of benzene rings is 1. The molecule has 2 nitrogen and oxygen atoms in total. The number of likely N-dealkylation sites (tertiary alicyclic amines) is 1. The number of ether oxygens (including phenoxy) is 1. The van der Waals surface area contributed by atoms with E-state index in [-0.39, 0.29) is 0 Å². The number of methoxy groups -OCH3 is 1. The minimum absolute atomic E-state index is 0.822. The molecule has 0 amide bonds. The Bertz CT molecular complexity index is 405. The van der Waals surface area contributed by atoms with Crippen molar-refractivity contribution in [1.82, 2.24) is 4.90 Å². The van der Waals surface area contributed by atoms with Gasteiger partial charge in [-0.2, -0.15) is 0 Å². The highest BCUT2D eigenvalue weighted by molar-refractivity contribution is 8.00. The van der Waals surface area contributed by atoms with Crippen molar-refractivity contribution in [2.24, 2.45) is 11.8 Å². The fraction of sp³-hybridized carbons (Fsp3) is 0.625. The molecule has 2 aliphatic rings. The van der Waals surface area contributed by atoms with Crippen LogP contribution in [0.15, 0.2) is 29.2 Å². The molecule has 3 atom stereocenters. The van der Waals surface area contributed by atoms with Crippen LogP contribution in [0.3, 0.4) is 0 Å². The van der Waals surface area contributed by atoms with Gasteiger partial charge in [0.15, 0.2) is 0 Å². The van der Waals surface area contributed by atoms with Crippen LogP contribution in [-0.2, 0) is 0 Å². The van der Waals surface area contributed by atoms with Gasteiger partial charge < -0.3 is 9.64 Å². The van der Waals surface area contributed by atoms with Crippen LogP contribution in [0.5, 0.6) is 5.75 Å². The van der Waals surface area contributed by atoms with Crippen LogP contribution in [0.1, 0.15) is 19.8 Å². The third-order valence-electron chi connectivity index (χ3n) is 4.59. The largest absolute Gasteiger partial charge is 0.497 e. The van der Waals surface area contributed by atoms with Crippen molar-refractivity contribution >= 4 is 11.8 Å². The molecule has 19 heavy (non-hydrogen) atoms. The maximum atomic E-state index is 5.21. The Balaban J connectivity index is 1.55. The Labute approximate surface area is 120 Å². The molecule has 1 saturated carbocycles. The molecule has 0 aromatic heterocycles. The lowest BCUT2D eigenvalue weighted by atomic mass is 10.0. The molecule has 1 aliphatic carbocycles. The third kappa shape index (κ3) is 2.92. The van der Waals surface area contributed by atoms with Crippen LogP contribution in [0.4, 0.5) is 0 Å². The van der Waals surface area contributed by atoms with E-state index < -0.39 is 0 Å². The van der Waals surface area contributed by atoms with Gasteiger partial charge in [-0.1, -0.05) is 6.92 Å². The monoisotopic (exact) mass is 277 g/mol. The number of hydrogen-bond acceptors (Lipinski definition) is 3. The van der Waals surface area contributed by atoms with Crippen molar-refractivity contribution in [1.29, 1.82) is 0 Å². The van der Waals surface area contributed by atoms with E-state index in [1.165, 1.54) is 37.4 Å². The molecule has 1 aromatic carbocycles. The Hall–Kier alpha value is -0.670. The van der Waals surface area contributed by atoms with Crippen LogP contribution < -0.4 is 4.74 Å². The SMILES string of the molecule is CCN1C[C@H]2C[C@H](Sc3ccc(OC)cc3)C[C@H]2C1. The zero-order chi connectivity index (χ0) is 13.2. The van der Waals surface area contributed by atoms with E-state index in [4.69, 9.17) is 4.74 Å². The van der Waals surface area contributed by atoms with E-state index in [2.05, 4.69) is 47.9 Å². The highest BCUT2D eigenvalue weighted by Gasteiger charge is 2.40. The second kappa shape index (κ2) is 5.76. The van der Waals surface area contributed by atoms with Gasteiger partial charge in [-0.3, -0.25) is 0 Å². The molecule has 3 rings (SSSR count). The van der Waals surface area contributed by atoms with Gasteiger partial charge in [0.05, 0.1) is 7.11 Å². The Morgan fingerprint density at radius 1 is 1.16 bits per heavy atom. The first-order valence-corrected chi connectivity index (χ1v) is 8.19. The van der Waals surface area contributed by atoms with Gasteiger partial charge in [-0.25, -0.2) is 0 Å². The predicted octanol–water partition coefficient (Wildman–Crippen LogP) is 3.52. The lowest BCUT2D eigenvalue weighted by Gasteiger charge is -2.16. The topological polar surface area (TPSA) is 12.5 Å². The van der Waals surface area contributed by atoms with Crippen molar-refractivity contribution in [3.8, 4) is 5.75 Å². The average Bonchev–Trinajstić information content (AvgIpc) is 2.97. The van der Waals surface area contributed by atoms with Gasteiger partial charge in [-0.05, 0) is 55.5 Å². The van der Waals surface area contributed by atoms with E-state index >= 15 is 0 Å². The van der Waals surface area contributed by atoms with Crippen LogP contribution in [0.25, 0.3) is 0 Å². The zero-order valence-electron chi connectivity index (χ0n) is 11.8. The first-order valence-electron chi connectivity index (χ1n) is 7.31. The second-order valence-electron chi connectivity index (χ2n) is 5.76. The number of fused-ring (bicyclic) bond motifs is 1. The summed E-state index contributed by atoms with van der Waals surface area (Å²) >= 11 is 2.06. The summed E-state index contributed by atoms with van der Waals surface area (Å²) in [6, 6.07) is 8.51. The summed E-state index contributed by atoms with van der Waals surface area (Å²) < 4.78 is 5.21. The molecule has 2 fully saturated rings. The van der Waals surface area contributed by atoms with E-state index in [1.807, 2.05) is 0 Å². The lowest BCUT2D eigenvalue weighted by molar-refractivity contribution is 0.329. The highest BCUT2D eigenvalue weighted by Crippen LogP contribution is 2.45. The lowest BCUT2D eigenvalue weighted by Crippen LogP contribution is -2.21. The molecular weight excluding hydrogens is 254 g/mol. The molecule has 0 radical (unpaired) electrons. The first kappa shape index (κ1) is 13.3. The van der Waals surface area contributed by atoms with Gasteiger partial charge in [0.25, 0.3) is 0 Å². The normalized spacial score (nSPS) is 30.5. The van der Waals surface area contributed by atoms with Gasteiger partial charge in [-0.15, -0.1) is 11.8 Å². The van der Waals surface area contributed by atoms with E-state index in [9.17, 15) is 0 Å². The van der Waals surface area contributed by atoms with Gasteiger partial charge >= 0.3 is 0 Å². The van der Waals surface area contributed by atoms with Gasteiger partial charge in [0.2, 0.25) is 0 Å². The maximum absolute atomic E-state index is 5.21. The van der Waals surface area contributed by atoms with Crippen molar-refractivity contribution < 1.29 is 4.74 Å². The Morgan fingerprint density at radius 2 is 1.79 bits per heavy atom. The summed E-state index contributed by atoms with van der Waals surface area (Å²) in [5, 5.41) is 0.822. The molecule has 0 N–H and O–H groups in total. The molecule has 3 heteroatoms. The van der Waals surface area contributed by atoms with E-state index in [0.717, 1.165) is 22.8 Å². The number of nitrogens with zero attached hydrogens (tertiary/aromatic N) is 1. The van der Waals surface area contributed by atoms with Crippen LogP contribution in [0.2, 0.25) is 0 Å².